The molecule has 0 amide bonds. The summed E-state index contributed by atoms with van der Waals surface area (Å²) in [5.41, 5.74) is 0.893. The maximum Gasteiger partial charge on any atom is 0.268 e. The number of ketones is 2. The first-order chi connectivity index (χ1) is 10.2. The number of fused-ring (bicyclic) bond motifs is 1. The Bertz CT molecular complexity index is 779. The van der Waals surface area contributed by atoms with Gasteiger partial charge in [-0.3, -0.25) is 9.59 Å². The normalized spacial score (nSPS) is 10.5. The van der Waals surface area contributed by atoms with Gasteiger partial charge in [0.25, 0.3) is 5.78 Å². The van der Waals surface area contributed by atoms with Crippen molar-refractivity contribution in [1.29, 1.82) is 0 Å². The van der Waals surface area contributed by atoms with E-state index in [1.54, 1.807) is 36.4 Å². The molecule has 2 aromatic carbocycles. The van der Waals surface area contributed by atoms with Gasteiger partial charge in [0.15, 0.2) is 5.76 Å². The van der Waals surface area contributed by atoms with Gasteiger partial charge in [-0.05, 0) is 36.4 Å². The van der Waals surface area contributed by atoms with Crippen LogP contribution >= 0.6 is 0 Å². The second kappa shape index (κ2) is 5.25. The van der Waals surface area contributed by atoms with E-state index in [9.17, 15) is 9.59 Å². The topological polar surface area (TPSA) is 56.5 Å². The third-order valence-electron chi connectivity index (χ3n) is 3.21. The Hall–Kier alpha value is -2.88. The van der Waals surface area contributed by atoms with Crippen molar-refractivity contribution >= 4 is 22.5 Å². The van der Waals surface area contributed by atoms with Crippen molar-refractivity contribution in [2.24, 2.45) is 0 Å². The fourth-order valence-electron chi connectivity index (χ4n) is 2.08. The summed E-state index contributed by atoms with van der Waals surface area (Å²) in [4.78, 5) is 24.4. The van der Waals surface area contributed by atoms with Crippen LogP contribution in [0.2, 0.25) is 0 Å². The van der Waals surface area contributed by atoms with Gasteiger partial charge in [-0.15, -0.1) is 0 Å². The second-order valence-electron chi connectivity index (χ2n) is 4.54. The van der Waals surface area contributed by atoms with Crippen LogP contribution in [0, 0.1) is 0 Å². The first kappa shape index (κ1) is 13.1. The summed E-state index contributed by atoms with van der Waals surface area (Å²) in [5.74, 6) is -0.576. The average Bonchev–Trinajstić information content (AvgIpc) is 2.97. The quantitative estimate of drug-likeness (QED) is 0.542. The van der Waals surface area contributed by atoms with Gasteiger partial charge in [-0.1, -0.05) is 18.2 Å². The van der Waals surface area contributed by atoms with Crippen LogP contribution in [0.25, 0.3) is 11.0 Å². The number of hydrogen-bond donors (Lipinski definition) is 0. The number of hydrogen-bond acceptors (Lipinski definition) is 4. The summed E-state index contributed by atoms with van der Waals surface area (Å²) >= 11 is 0. The molecule has 0 N–H and O–H groups in total. The summed E-state index contributed by atoms with van der Waals surface area (Å²) in [6.45, 7) is 0. The van der Waals surface area contributed by atoms with Crippen molar-refractivity contribution in [3.63, 3.8) is 0 Å². The molecule has 1 aromatic heterocycles. The molecule has 104 valence electrons. The van der Waals surface area contributed by atoms with Crippen molar-refractivity contribution in [3.8, 4) is 5.75 Å². The molecule has 0 aliphatic heterocycles. The van der Waals surface area contributed by atoms with E-state index in [1.165, 1.54) is 7.11 Å². The van der Waals surface area contributed by atoms with Gasteiger partial charge in [0, 0.05) is 10.9 Å². The molecule has 4 heteroatoms. The molecule has 0 spiro atoms. The lowest BCUT2D eigenvalue weighted by Crippen LogP contribution is -2.13. The highest BCUT2D eigenvalue weighted by atomic mass is 16.5. The number of Topliss-reactive ketones (excluding diaryl/α,β-unsaturated/α-hetero) is 2. The number of benzene rings is 2. The molecule has 4 nitrogen and oxygen atoms in total. The van der Waals surface area contributed by atoms with Crippen LogP contribution in [0.4, 0.5) is 0 Å². The summed E-state index contributed by atoms with van der Waals surface area (Å²) in [5, 5.41) is 0.795. The molecule has 0 saturated carbocycles. The van der Waals surface area contributed by atoms with E-state index in [-0.39, 0.29) is 5.76 Å². The first-order valence-corrected chi connectivity index (χ1v) is 6.40. The number of furan rings is 1. The SMILES string of the molecule is COc1ccc(C(=O)C(=O)c2cc3ccccc3o2)cc1. The molecule has 0 unspecified atom stereocenters. The minimum Gasteiger partial charge on any atom is -0.497 e. The molecule has 0 fully saturated rings. The monoisotopic (exact) mass is 280 g/mol. The van der Waals surface area contributed by atoms with Crippen molar-refractivity contribution in [2.75, 3.05) is 7.11 Å². The lowest BCUT2D eigenvalue weighted by molar-refractivity contribution is 0.0802. The Morgan fingerprint density at radius 1 is 0.952 bits per heavy atom. The molecular formula is C17H12O4. The van der Waals surface area contributed by atoms with E-state index in [0.29, 0.717) is 16.9 Å². The maximum atomic E-state index is 12.2. The number of ether oxygens (including phenoxy) is 1. The fraction of sp³-hybridized carbons (Fsp3) is 0.0588. The number of carbonyl (C=O) groups is 2. The van der Waals surface area contributed by atoms with E-state index in [4.69, 9.17) is 9.15 Å². The Kier molecular flexibility index (Phi) is 3.28. The van der Waals surface area contributed by atoms with Crippen LogP contribution in [0.5, 0.6) is 5.75 Å². The highest BCUT2D eigenvalue weighted by molar-refractivity contribution is 6.48. The Balaban J connectivity index is 1.91. The van der Waals surface area contributed by atoms with Gasteiger partial charge < -0.3 is 9.15 Å². The smallest absolute Gasteiger partial charge is 0.268 e. The van der Waals surface area contributed by atoms with E-state index in [0.717, 1.165) is 5.39 Å². The Morgan fingerprint density at radius 3 is 2.33 bits per heavy atom. The van der Waals surface area contributed by atoms with Crippen molar-refractivity contribution in [3.05, 3.63) is 65.9 Å². The van der Waals surface area contributed by atoms with Gasteiger partial charge in [0.05, 0.1) is 7.11 Å². The van der Waals surface area contributed by atoms with Crippen LogP contribution < -0.4 is 4.74 Å². The molecule has 3 aromatic rings. The largest absolute Gasteiger partial charge is 0.497 e. The maximum absolute atomic E-state index is 12.2. The number of carbonyl (C=O) groups excluding carboxylic acids is 2. The molecule has 0 bridgehead atoms. The number of para-hydroxylation sites is 1. The highest BCUT2D eigenvalue weighted by Gasteiger charge is 2.22. The van der Waals surface area contributed by atoms with Gasteiger partial charge in [-0.25, -0.2) is 0 Å². The molecule has 0 atom stereocenters. The van der Waals surface area contributed by atoms with Crippen LogP contribution in [0.3, 0.4) is 0 Å². The Labute approximate surface area is 120 Å². The van der Waals surface area contributed by atoms with Crippen LogP contribution in [0.15, 0.2) is 59.0 Å². The highest BCUT2D eigenvalue weighted by Crippen LogP contribution is 2.20. The van der Waals surface area contributed by atoms with Crippen LogP contribution in [0.1, 0.15) is 20.9 Å². The molecule has 0 aliphatic carbocycles. The molecule has 0 radical (unpaired) electrons. The first-order valence-electron chi connectivity index (χ1n) is 6.40. The van der Waals surface area contributed by atoms with E-state index in [1.807, 2.05) is 18.2 Å². The zero-order valence-electron chi connectivity index (χ0n) is 11.3. The summed E-state index contributed by atoms with van der Waals surface area (Å²) in [6.07, 6.45) is 0. The van der Waals surface area contributed by atoms with E-state index < -0.39 is 11.6 Å². The zero-order valence-corrected chi connectivity index (χ0v) is 11.3. The minimum absolute atomic E-state index is 0.0528. The second-order valence-corrected chi connectivity index (χ2v) is 4.54. The minimum atomic E-state index is -0.656. The van der Waals surface area contributed by atoms with Crippen molar-refractivity contribution < 1.29 is 18.7 Å². The fourth-order valence-corrected chi connectivity index (χ4v) is 2.08. The predicted molar refractivity (Wildman–Crippen MR) is 77.9 cm³/mol. The van der Waals surface area contributed by atoms with Crippen LogP contribution in [-0.4, -0.2) is 18.7 Å². The van der Waals surface area contributed by atoms with E-state index in [2.05, 4.69) is 0 Å². The van der Waals surface area contributed by atoms with Gasteiger partial charge in [0.1, 0.15) is 11.3 Å². The molecule has 3 rings (SSSR count). The molecule has 0 saturated heterocycles. The summed E-state index contributed by atoms with van der Waals surface area (Å²) in [7, 11) is 1.54. The Morgan fingerprint density at radius 2 is 1.67 bits per heavy atom. The zero-order chi connectivity index (χ0) is 14.8. The third kappa shape index (κ3) is 2.43. The number of rotatable bonds is 4. The summed E-state index contributed by atoms with van der Waals surface area (Å²) in [6, 6.07) is 15.2. The molecular weight excluding hydrogens is 268 g/mol. The predicted octanol–water partition coefficient (Wildman–Crippen LogP) is 3.51. The lowest BCUT2D eigenvalue weighted by atomic mass is 10.1. The molecule has 0 aliphatic rings. The molecule has 21 heavy (non-hydrogen) atoms. The van der Waals surface area contributed by atoms with E-state index >= 15 is 0 Å². The average molecular weight is 280 g/mol. The molecule has 1 heterocycles. The third-order valence-corrected chi connectivity index (χ3v) is 3.21. The summed E-state index contributed by atoms with van der Waals surface area (Å²) < 4.78 is 10.4. The number of methoxy groups -OCH3 is 1. The van der Waals surface area contributed by atoms with Crippen molar-refractivity contribution in [2.45, 2.75) is 0 Å². The van der Waals surface area contributed by atoms with Crippen LogP contribution in [-0.2, 0) is 0 Å². The standard InChI is InChI=1S/C17H12O4/c1-20-13-8-6-11(7-9-13)16(18)17(19)15-10-12-4-2-3-5-14(12)21-15/h2-10H,1H3. The lowest BCUT2D eigenvalue weighted by Gasteiger charge is -2.01. The van der Waals surface area contributed by atoms with Gasteiger partial charge >= 0.3 is 0 Å². The van der Waals surface area contributed by atoms with Crippen molar-refractivity contribution in [1.82, 2.24) is 0 Å². The van der Waals surface area contributed by atoms with Gasteiger partial charge in [0.2, 0.25) is 5.78 Å². The van der Waals surface area contributed by atoms with Gasteiger partial charge in [-0.2, -0.15) is 0 Å².